The third-order valence-corrected chi connectivity index (χ3v) is 2.99. The largest absolute Gasteiger partial charge is 0.573 e. The molecule has 2 rings (SSSR count). The van der Waals surface area contributed by atoms with Crippen LogP contribution < -0.4 is 10.1 Å². The maximum absolute atomic E-state index is 13.8. The molecule has 5 nitrogen and oxygen atoms in total. The molecule has 0 atom stereocenters. The lowest BCUT2D eigenvalue weighted by molar-refractivity contribution is -0.274. The number of methoxy groups -OCH3 is 1. The van der Waals surface area contributed by atoms with E-state index in [1.165, 1.54) is 6.07 Å². The zero-order chi connectivity index (χ0) is 18.6. The van der Waals surface area contributed by atoms with E-state index >= 15 is 0 Å². The average molecular weight is 357 g/mol. The van der Waals surface area contributed by atoms with Gasteiger partial charge in [-0.15, -0.1) is 13.2 Å². The molecule has 0 heterocycles. The minimum atomic E-state index is -4.85. The molecule has 0 aliphatic rings. The fourth-order valence-corrected chi connectivity index (χ4v) is 1.87. The van der Waals surface area contributed by atoms with Gasteiger partial charge in [-0.3, -0.25) is 4.79 Å². The van der Waals surface area contributed by atoms with Gasteiger partial charge in [0.05, 0.1) is 18.4 Å². The van der Waals surface area contributed by atoms with Crippen molar-refractivity contribution in [3.8, 4) is 5.75 Å². The molecule has 0 saturated heterocycles. The van der Waals surface area contributed by atoms with Gasteiger partial charge in [0.15, 0.2) is 0 Å². The first-order valence-corrected chi connectivity index (χ1v) is 6.74. The van der Waals surface area contributed by atoms with Gasteiger partial charge in [-0.25, -0.2) is 9.18 Å². The monoisotopic (exact) mass is 357 g/mol. The first-order valence-electron chi connectivity index (χ1n) is 6.74. The number of benzene rings is 2. The SMILES string of the molecule is COC(=O)c1ccc(F)c(NC(=O)c2ccc(OC(F)(F)F)cc2)c1. The highest BCUT2D eigenvalue weighted by molar-refractivity contribution is 6.05. The summed E-state index contributed by atoms with van der Waals surface area (Å²) in [4.78, 5) is 23.5. The van der Waals surface area contributed by atoms with Gasteiger partial charge in [-0.2, -0.15) is 0 Å². The molecule has 0 saturated carbocycles. The molecule has 132 valence electrons. The number of nitrogens with one attached hydrogen (secondary N) is 1. The molecule has 9 heteroatoms. The number of hydrogen-bond donors (Lipinski definition) is 1. The summed E-state index contributed by atoms with van der Waals surface area (Å²) in [6, 6.07) is 7.30. The molecular weight excluding hydrogens is 346 g/mol. The predicted molar refractivity (Wildman–Crippen MR) is 78.8 cm³/mol. The maximum Gasteiger partial charge on any atom is 0.573 e. The summed E-state index contributed by atoms with van der Waals surface area (Å²) in [6.45, 7) is 0. The molecule has 0 spiro atoms. The number of rotatable bonds is 4. The zero-order valence-electron chi connectivity index (χ0n) is 12.7. The summed E-state index contributed by atoms with van der Waals surface area (Å²) in [7, 11) is 1.15. The second kappa shape index (κ2) is 7.20. The molecule has 1 amide bonds. The molecular formula is C16H11F4NO4. The lowest BCUT2D eigenvalue weighted by Crippen LogP contribution is -2.17. The van der Waals surface area contributed by atoms with E-state index in [9.17, 15) is 27.2 Å². The van der Waals surface area contributed by atoms with Crippen LogP contribution in [0.4, 0.5) is 23.2 Å². The Kier molecular flexibility index (Phi) is 5.26. The van der Waals surface area contributed by atoms with Crippen LogP contribution in [0.5, 0.6) is 5.75 Å². The minimum Gasteiger partial charge on any atom is -0.465 e. The maximum atomic E-state index is 13.8. The van der Waals surface area contributed by atoms with Crippen molar-refractivity contribution in [3.63, 3.8) is 0 Å². The number of carbonyl (C=O) groups is 2. The number of ether oxygens (including phenoxy) is 2. The summed E-state index contributed by atoms with van der Waals surface area (Å²) in [5, 5.41) is 2.23. The van der Waals surface area contributed by atoms with Gasteiger partial charge in [0, 0.05) is 5.56 Å². The van der Waals surface area contributed by atoms with Crippen molar-refractivity contribution in [1.29, 1.82) is 0 Å². The number of amides is 1. The van der Waals surface area contributed by atoms with E-state index in [1.807, 2.05) is 0 Å². The number of alkyl halides is 3. The van der Waals surface area contributed by atoms with Crippen molar-refractivity contribution in [1.82, 2.24) is 0 Å². The predicted octanol–water partition coefficient (Wildman–Crippen LogP) is 3.76. The topological polar surface area (TPSA) is 64.6 Å². The summed E-state index contributed by atoms with van der Waals surface area (Å²) < 4.78 is 58.2. The van der Waals surface area contributed by atoms with Gasteiger partial charge in [0.2, 0.25) is 0 Å². The highest BCUT2D eigenvalue weighted by Crippen LogP contribution is 2.23. The third kappa shape index (κ3) is 4.93. The number of esters is 1. The lowest BCUT2D eigenvalue weighted by atomic mass is 10.1. The van der Waals surface area contributed by atoms with Crippen LogP contribution in [0.1, 0.15) is 20.7 Å². The van der Waals surface area contributed by atoms with Gasteiger partial charge in [0.1, 0.15) is 11.6 Å². The van der Waals surface area contributed by atoms with Crippen molar-refractivity contribution in [2.45, 2.75) is 6.36 Å². The highest BCUT2D eigenvalue weighted by Gasteiger charge is 2.31. The van der Waals surface area contributed by atoms with Crippen LogP contribution in [0.3, 0.4) is 0 Å². The van der Waals surface area contributed by atoms with Gasteiger partial charge < -0.3 is 14.8 Å². The molecule has 2 aromatic rings. The Bertz CT molecular complexity index is 788. The standard InChI is InChI=1S/C16H11F4NO4/c1-24-15(23)10-4-7-12(17)13(8-10)21-14(22)9-2-5-11(6-3-9)25-16(18,19)20/h2-8H,1H3,(H,21,22). The van der Waals surface area contributed by atoms with E-state index < -0.39 is 29.8 Å². The molecule has 0 bridgehead atoms. The van der Waals surface area contributed by atoms with Crippen LogP contribution in [0.15, 0.2) is 42.5 Å². The zero-order valence-corrected chi connectivity index (χ0v) is 12.7. The molecule has 0 aromatic heterocycles. The minimum absolute atomic E-state index is 0.0214. The third-order valence-electron chi connectivity index (χ3n) is 2.99. The summed E-state index contributed by atoms with van der Waals surface area (Å²) >= 11 is 0. The Balaban J connectivity index is 2.15. The summed E-state index contributed by atoms with van der Waals surface area (Å²) in [5.74, 6) is -2.79. The van der Waals surface area contributed by atoms with E-state index in [1.54, 1.807) is 0 Å². The summed E-state index contributed by atoms with van der Waals surface area (Å²) in [5.41, 5.74) is -0.283. The molecule has 0 unspecified atom stereocenters. The molecule has 0 radical (unpaired) electrons. The van der Waals surface area contributed by atoms with Crippen LogP contribution in [-0.2, 0) is 4.74 Å². The molecule has 0 fully saturated rings. The van der Waals surface area contributed by atoms with E-state index in [2.05, 4.69) is 14.8 Å². The Labute approximate surface area is 139 Å². The first kappa shape index (κ1) is 18.2. The second-order valence-electron chi connectivity index (χ2n) is 4.71. The summed E-state index contributed by atoms with van der Waals surface area (Å²) in [6.07, 6.45) is -4.85. The quantitative estimate of drug-likeness (QED) is 0.668. The Morgan fingerprint density at radius 1 is 1.00 bits per heavy atom. The van der Waals surface area contributed by atoms with Gasteiger partial charge in [-0.05, 0) is 42.5 Å². The fourth-order valence-electron chi connectivity index (χ4n) is 1.87. The van der Waals surface area contributed by atoms with Crippen LogP contribution >= 0.6 is 0 Å². The van der Waals surface area contributed by atoms with Gasteiger partial charge >= 0.3 is 12.3 Å². The molecule has 0 aliphatic heterocycles. The molecule has 0 aliphatic carbocycles. The van der Waals surface area contributed by atoms with Crippen molar-refractivity contribution in [2.24, 2.45) is 0 Å². The van der Waals surface area contributed by atoms with E-state index in [4.69, 9.17) is 0 Å². The highest BCUT2D eigenvalue weighted by atomic mass is 19.4. The molecule has 25 heavy (non-hydrogen) atoms. The van der Waals surface area contributed by atoms with Crippen molar-refractivity contribution in [3.05, 3.63) is 59.4 Å². The number of carbonyl (C=O) groups excluding carboxylic acids is 2. The van der Waals surface area contributed by atoms with Crippen LogP contribution in [0.25, 0.3) is 0 Å². The molecule has 1 N–H and O–H groups in total. The Hall–Kier alpha value is -3.10. The van der Waals surface area contributed by atoms with Crippen LogP contribution in [-0.4, -0.2) is 25.3 Å². The van der Waals surface area contributed by atoms with Crippen molar-refractivity contribution >= 4 is 17.6 Å². The Morgan fingerprint density at radius 2 is 1.60 bits per heavy atom. The van der Waals surface area contributed by atoms with E-state index in [0.717, 1.165) is 43.5 Å². The van der Waals surface area contributed by atoms with E-state index in [0.29, 0.717) is 0 Å². The number of hydrogen-bond acceptors (Lipinski definition) is 4. The Morgan fingerprint density at radius 3 is 2.16 bits per heavy atom. The van der Waals surface area contributed by atoms with Crippen molar-refractivity contribution in [2.75, 3.05) is 12.4 Å². The number of halogens is 4. The smallest absolute Gasteiger partial charge is 0.465 e. The van der Waals surface area contributed by atoms with Crippen LogP contribution in [0, 0.1) is 5.82 Å². The molecule has 2 aromatic carbocycles. The van der Waals surface area contributed by atoms with Gasteiger partial charge in [0.25, 0.3) is 5.91 Å². The first-order chi connectivity index (χ1) is 11.7. The lowest BCUT2D eigenvalue weighted by Gasteiger charge is -2.10. The van der Waals surface area contributed by atoms with Gasteiger partial charge in [-0.1, -0.05) is 0 Å². The number of anilines is 1. The van der Waals surface area contributed by atoms with E-state index in [-0.39, 0.29) is 16.8 Å². The average Bonchev–Trinajstić information content (AvgIpc) is 2.55. The fraction of sp³-hybridized carbons (Fsp3) is 0.125. The normalized spacial score (nSPS) is 10.9. The second-order valence-corrected chi connectivity index (χ2v) is 4.71. The van der Waals surface area contributed by atoms with Crippen LogP contribution in [0.2, 0.25) is 0 Å². The van der Waals surface area contributed by atoms with Crippen molar-refractivity contribution < 1.29 is 36.6 Å².